The van der Waals surface area contributed by atoms with Crippen LogP contribution in [0.5, 0.6) is 0 Å². The Morgan fingerprint density at radius 2 is 2.18 bits per heavy atom. The molecule has 2 unspecified atom stereocenters. The van der Waals surface area contributed by atoms with E-state index in [-0.39, 0.29) is 36.1 Å². The molecule has 0 fully saturated rings. The summed E-state index contributed by atoms with van der Waals surface area (Å²) < 4.78 is 10.6. The Morgan fingerprint density at radius 3 is 2.68 bits per heavy atom. The molecule has 7 heteroatoms. The maximum absolute atomic E-state index is 5.50. The second kappa shape index (κ2) is 11.7. The number of aliphatic imine (C=N–C) groups is 1. The Labute approximate surface area is 150 Å². The highest BCUT2D eigenvalue weighted by atomic mass is 127. The standard InChI is InChI=1S/C15H28N4O2.HI/c1-6-16-15(18-12(2)11-20-5)17-10-13(19(3)4)14-8-7-9-21-14;/h7-9,12-13H,6,10-11H2,1-5H3,(H2,16,17,18);1H. The topological polar surface area (TPSA) is 62.0 Å². The van der Waals surface area contributed by atoms with Gasteiger partial charge in [-0.05, 0) is 40.1 Å². The fourth-order valence-electron chi connectivity index (χ4n) is 2.01. The van der Waals surface area contributed by atoms with E-state index in [1.807, 2.05) is 33.2 Å². The molecule has 2 N–H and O–H groups in total. The summed E-state index contributed by atoms with van der Waals surface area (Å²) in [5.41, 5.74) is 0. The van der Waals surface area contributed by atoms with Crippen molar-refractivity contribution >= 4 is 29.9 Å². The van der Waals surface area contributed by atoms with Crippen LogP contribution in [0.3, 0.4) is 0 Å². The van der Waals surface area contributed by atoms with Crippen molar-refractivity contribution < 1.29 is 9.15 Å². The van der Waals surface area contributed by atoms with Gasteiger partial charge < -0.3 is 19.8 Å². The molecule has 0 saturated heterocycles. The van der Waals surface area contributed by atoms with Gasteiger partial charge in [0.2, 0.25) is 0 Å². The van der Waals surface area contributed by atoms with E-state index < -0.39 is 0 Å². The van der Waals surface area contributed by atoms with Gasteiger partial charge in [-0.15, -0.1) is 24.0 Å². The van der Waals surface area contributed by atoms with Crippen LogP contribution in [0, 0.1) is 0 Å². The van der Waals surface area contributed by atoms with Gasteiger partial charge >= 0.3 is 0 Å². The van der Waals surface area contributed by atoms with Gasteiger partial charge in [0.25, 0.3) is 0 Å². The predicted octanol–water partition coefficient (Wildman–Crippen LogP) is 2.09. The molecular formula is C15H29IN4O2. The molecule has 0 aromatic carbocycles. The first kappa shape index (κ1) is 21.2. The van der Waals surface area contributed by atoms with E-state index in [9.17, 15) is 0 Å². The minimum Gasteiger partial charge on any atom is -0.468 e. The van der Waals surface area contributed by atoms with Gasteiger partial charge in [-0.2, -0.15) is 0 Å². The lowest BCUT2D eigenvalue weighted by Crippen LogP contribution is -2.44. The second-order valence-corrected chi connectivity index (χ2v) is 5.22. The number of hydrogen-bond acceptors (Lipinski definition) is 4. The van der Waals surface area contributed by atoms with Gasteiger partial charge in [0.15, 0.2) is 5.96 Å². The molecule has 6 nitrogen and oxygen atoms in total. The van der Waals surface area contributed by atoms with E-state index in [1.165, 1.54) is 0 Å². The van der Waals surface area contributed by atoms with E-state index in [2.05, 4.69) is 27.4 Å². The molecular weight excluding hydrogens is 395 g/mol. The van der Waals surface area contributed by atoms with Crippen molar-refractivity contribution in [2.75, 3.05) is 40.9 Å². The number of ether oxygens (including phenoxy) is 1. The number of hydrogen-bond donors (Lipinski definition) is 2. The first-order valence-electron chi connectivity index (χ1n) is 7.32. The normalized spacial score (nSPS) is 14.4. The van der Waals surface area contributed by atoms with Gasteiger partial charge in [-0.3, -0.25) is 9.89 Å². The average molecular weight is 424 g/mol. The van der Waals surface area contributed by atoms with Crippen molar-refractivity contribution in [3.05, 3.63) is 24.2 Å². The van der Waals surface area contributed by atoms with Crippen molar-refractivity contribution in [3.63, 3.8) is 0 Å². The Bertz CT molecular complexity index is 410. The smallest absolute Gasteiger partial charge is 0.191 e. The maximum atomic E-state index is 5.50. The fourth-order valence-corrected chi connectivity index (χ4v) is 2.01. The number of methoxy groups -OCH3 is 1. The van der Waals surface area contributed by atoms with Crippen molar-refractivity contribution in [3.8, 4) is 0 Å². The number of halogens is 1. The van der Waals surface area contributed by atoms with E-state index in [1.54, 1.807) is 13.4 Å². The quantitative estimate of drug-likeness (QED) is 0.380. The summed E-state index contributed by atoms with van der Waals surface area (Å²) in [6.45, 7) is 6.19. The van der Waals surface area contributed by atoms with Crippen molar-refractivity contribution in [1.29, 1.82) is 0 Å². The van der Waals surface area contributed by atoms with E-state index in [4.69, 9.17) is 9.15 Å². The Morgan fingerprint density at radius 1 is 1.45 bits per heavy atom. The first-order valence-corrected chi connectivity index (χ1v) is 7.32. The molecule has 1 rings (SSSR count). The third kappa shape index (κ3) is 7.46. The average Bonchev–Trinajstić information content (AvgIpc) is 2.92. The summed E-state index contributed by atoms with van der Waals surface area (Å²) in [4.78, 5) is 6.75. The molecule has 22 heavy (non-hydrogen) atoms. The van der Waals surface area contributed by atoms with Crippen LogP contribution in [-0.2, 0) is 4.74 Å². The van der Waals surface area contributed by atoms with Crippen LogP contribution < -0.4 is 10.6 Å². The molecule has 0 saturated carbocycles. The minimum atomic E-state index is 0. The summed E-state index contributed by atoms with van der Waals surface area (Å²) in [7, 11) is 5.74. The molecule has 0 aliphatic rings. The second-order valence-electron chi connectivity index (χ2n) is 5.22. The highest BCUT2D eigenvalue weighted by molar-refractivity contribution is 14.0. The van der Waals surface area contributed by atoms with Crippen LogP contribution in [0.25, 0.3) is 0 Å². The third-order valence-corrected chi connectivity index (χ3v) is 3.06. The Hall–Kier alpha value is -0.800. The third-order valence-electron chi connectivity index (χ3n) is 3.06. The Balaban J connectivity index is 0.00000441. The van der Waals surface area contributed by atoms with Crippen LogP contribution in [0.4, 0.5) is 0 Å². The zero-order valence-electron chi connectivity index (χ0n) is 14.1. The maximum Gasteiger partial charge on any atom is 0.191 e. The number of furan rings is 1. The molecule has 128 valence electrons. The fraction of sp³-hybridized carbons (Fsp3) is 0.667. The predicted molar refractivity (Wildman–Crippen MR) is 101 cm³/mol. The summed E-state index contributed by atoms with van der Waals surface area (Å²) in [5.74, 6) is 1.71. The van der Waals surface area contributed by atoms with Crippen molar-refractivity contribution in [2.45, 2.75) is 25.9 Å². The van der Waals surface area contributed by atoms with Crippen LogP contribution in [0.1, 0.15) is 25.6 Å². The molecule has 0 spiro atoms. The first-order chi connectivity index (χ1) is 10.1. The summed E-state index contributed by atoms with van der Waals surface area (Å²) in [5, 5.41) is 6.57. The van der Waals surface area contributed by atoms with Crippen LogP contribution in [0.15, 0.2) is 27.8 Å². The number of guanidine groups is 1. The highest BCUT2D eigenvalue weighted by Crippen LogP contribution is 2.18. The monoisotopic (exact) mass is 424 g/mol. The SMILES string of the molecule is CCNC(=NCC(c1ccco1)N(C)C)NC(C)COC.I. The Kier molecular flexibility index (Phi) is 11.3. The lowest BCUT2D eigenvalue weighted by atomic mass is 10.2. The highest BCUT2D eigenvalue weighted by Gasteiger charge is 2.16. The van der Waals surface area contributed by atoms with Gasteiger partial charge in [-0.1, -0.05) is 0 Å². The van der Waals surface area contributed by atoms with Gasteiger partial charge in [-0.25, -0.2) is 0 Å². The molecule has 0 aliphatic carbocycles. The zero-order valence-corrected chi connectivity index (χ0v) is 16.5. The molecule has 1 aromatic heterocycles. The lowest BCUT2D eigenvalue weighted by Gasteiger charge is -2.22. The summed E-state index contributed by atoms with van der Waals surface area (Å²) in [6, 6.07) is 4.20. The number of rotatable bonds is 8. The molecule has 0 bridgehead atoms. The summed E-state index contributed by atoms with van der Waals surface area (Å²) in [6.07, 6.45) is 1.69. The molecule has 0 radical (unpaired) electrons. The zero-order chi connectivity index (χ0) is 15.7. The minimum absolute atomic E-state index is 0. The molecule has 1 aromatic rings. The van der Waals surface area contributed by atoms with Crippen molar-refractivity contribution in [2.24, 2.45) is 4.99 Å². The van der Waals surface area contributed by atoms with Crippen molar-refractivity contribution in [1.82, 2.24) is 15.5 Å². The molecule has 0 aliphatic heterocycles. The van der Waals surface area contributed by atoms with Crippen LogP contribution >= 0.6 is 24.0 Å². The molecule has 1 heterocycles. The number of likely N-dealkylation sites (N-methyl/N-ethyl adjacent to an activating group) is 1. The number of nitrogens with one attached hydrogen (secondary N) is 2. The van der Waals surface area contributed by atoms with Gasteiger partial charge in [0.1, 0.15) is 5.76 Å². The van der Waals surface area contributed by atoms with E-state index in [0.717, 1.165) is 18.3 Å². The lowest BCUT2D eigenvalue weighted by molar-refractivity contribution is 0.179. The van der Waals surface area contributed by atoms with Crippen LogP contribution in [-0.4, -0.2) is 57.8 Å². The number of nitrogens with zero attached hydrogens (tertiary/aromatic N) is 2. The van der Waals surface area contributed by atoms with Gasteiger partial charge in [0.05, 0.1) is 25.5 Å². The molecule has 2 atom stereocenters. The summed E-state index contributed by atoms with van der Waals surface area (Å²) >= 11 is 0. The van der Waals surface area contributed by atoms with E-state index in [0.29, 0.717) is 13.2 Å². The molecule has 0 amide bonds. The van der Waals surface area contributed by atoms with Crippen LogP contribution in [0.2, 0.25) is 0 Å². The van der Waals surface area contributed by atoms with Gasteiger partial charge in [0, 0.05) is 19.7 Å². The van der Waals surface area contributed by atoms with E-state index >= 15 is 0 Å². The largest absolute Gasteiger partial charge is 0.468 e.